The molecule has 0 aliphatic heterocycles. The summed E-state index contributed by atoms with van der Waals surface area (Å²) in [4.78, 5) is 4.33. The Labute approximate surface area is 84.9 Å². The number of nitrogens with zero attached hydrogens (tertiary/aromatic N) is 2. The lowest BCUT2D eigenvalue weighted by molar-refractivity contribution is 0.585. The molecule has 0 radical (unpaired) electrons. The highest BCUT2D eigenvalue weighted by Gasteiger charge is 2.18. The molecule has 2 nitrogen and oxygen atoms in total. The van der Waals surface area contributed by atoms with Crippen LogP contribution in [0.15, 0.2) is 12.4 Å². The third kappa shape index (κ3) is 2.25. The highest BCUT2D eigenvalue weighted by molar-refractivity contribution is 6.21. The molecule has 0 aliphatic rings. The minimum Gasteiger partial charge on any atom is -0.335 e. The first kappa shape index (κ1) is 10.6. The van der Waals surface area contributed by atoms with E-state index in [9.17, 15) is 0 Å². The van der Waals surface area contributed by atoms with Crippen LogP contribution in [0.25, 0.3) is 0 Å². The van der Waals surface area contributed by atoms with Crippen LogP contribution in [0.2, 0.25) is 0 Å². The van der Waals surface area contributed by atoms with Gasteiger partial charge in [0.15, 0.2) is 0 Å². The summed E-state index contributed by atoms with van der Waals surface area (Å²) in [5.41, 5.74) is 0. The summed E-state index contributed by atoms with van der Waals surface area (Å²) in [5, 5.41) is 0.188. The van der Waals surface area contributed by atoms with Crippen molar-refractivity contribution in [2.45, 2.75) is 45.0 Å². The zero-order valence-electron chi connectivity index (χ0n) is 8.50. The van der Waals surface area contributed by atoms with Gasteiger partial charge in [-0.2, -0.15) is 0 Å². The molecule has 74 valence electrons. The maximum absolute atomic E-state index is 6.18. The normalized spacial score (nSPS) is 15.7. The molecule has 0 spiro atoms. The van der Waals surface area contributed by atoms with Crippen LogP contribution < -0.4 is 0 Å². The number of aromatic nitrogens is 2. The lowest BCUT2D eigenvalue weighted by Crippen LogP contribution is -2.14. The van der Waals surface area contributed by atoms with Crippen LogP contribution in [0, 0.1) is 0 Å². The average molecular weight is 201 g/mol. The van der Waals surface area contributed by atoms with Gasteiger partial charge < -0.3 is 4.57 Å². The van der Waals surface area contributed by atoms with Gasteiger partial charge in [0.05, 0.1) is 0 Å². The molecule has 3 heteroatoms. The van der Waals surface area contributed by atoms with Gasteiger partial charge >= 0.3 is 0 Å². The number of halogens is 1. The van der Waals surface area contributed by atoms with Gasteiger partial charge in [0, 0.05) is 30.2 Å². The number of alkyl halides is 1. The molecule has 0 saturated carbocycles. The molecule has 1 aromatic heterocycles. The predicted octanol–water partition coefficient (Wildman–Crippen LogP) is 3.02. The third-order valence-electron chi connectivity index (χ3n) is 2.43. The maximum atomic E-state index is 6.18. The van der Waals surface area contributed by atoms with Gasteiger partial charge in [-0.1, -0.05) is 13.8 Å². The molecule has 13 heavy (non-hydrogen) atoms. The predicted molar refractivity (Wildman–Crippen MR) is 56.2 cm³/mol. The number of imidazole rings is 1. The minimum atomic E-state index is 0.188. The number of aryl methyl sites for hydroxylation is 1. The SMILES string of the molecule is CCC(Cl)C(C)c1nccn1CC. The zero-order valence-corrected chi connectivity index (χ0v) is 9.25. The van der Waals surface area contributed by atoms with Gasteiger partial charge in [0.2, 0.25) is 0 Å². The van der Waals surface area contributed by atoms with E-state index in [0.717, 1.165) is 18.8 Å². The molecule has 1 aromatic rings. The molecule has 0 saturated heterocycles. The van der Waals surface area contributed by atoms with Gasteiger partial charge in [-0.15, -0.1) is 11.6 Å². The van der Waals surface area contributed by atoms with E-state index in [-0.39, 0.29) is 5.38 Å². The smallest absolute Gasteiger partial charge is 0.112 e. The van der Waals surface area contributed by atoms with Crippen LogP contribution in [-0.2, 0) is 6.54 Å². The highest BCUT2D eigenvalue weighted by atomic mass is 35.5. The van der Waals surface area contributed by atoms with Crippen molar-refractivity contribution in [3.63, 3.8) is 0 Å². The van der Waals surface area contributed by atoms with E-state index in [1.807, 2.05) is 12.4 Å². The molecule has 2 unspecified atom stereocenters. The van der Waals surface area contributed by atoms with Crippen molar-refractivity contribution in [1.29, 1.82) is 0 Å². The Morgan fingerprint density at radius 1 is 1.54 bits per heavy atom. The Bertz CT molecular complexity index is 257. The molecule has 2 atom stereocenters. The van der Waals surface area contributed by atoms with Crippen molar-refractivity contribution in [3.05, 3.63) is 18.2 Å². The Kier molecular flexibility index (Phi) is 3.79. The van der Waals surface area contributed by atoms with Crippen LogP contribution in [0.3, 0.4) is 0 Å². The van der Waals surface area contributed by atoms with Crippen molar-refractivity contribution < 1.29 is 0 Å². The van der Waals surface area contributed by atoms with E-state index >= 15 is 0 Å². The summed E-state index contributed by atoms with van der Waals surface area (Å²) in [5.74, 6) is 1.44. The quantitative estimate of drug-likeness (QED) is 0.684. The number of hydrogen-bond acceptors (Lipinski definition) is 1. The van der Waals surface area contributed by atoms with Gasteiger partial charge in [-0.3, -0.25) is 0 Å². The van der Waals surface area contributed by atoms with Gasteiger partial charge in [0.25, 0.3) is 0 Å². The van der Waals surface area contributed by atoms with E-state index < -0.39 is 0 Å². The van der Waals surface area contributed by atoms with E-state index in [1.54, 1.807) is 0 Å². The van der Waals surface area contributed by atoms with Crippen molar-refractivity contribution >= 4 is 11.6 Å². The summed E-state index contributed by atoms with van der Waals surface area (Å²) in [6.45, 7) is 7.32. The first-order chi connectivity index (χ1) is 6.20. The van der Waals surface area contributed by atoms with Gasteiger partial charge in [-0.05, 0) is 13.3 Å². The Morgan fingerprint density at radius 2 is 2.23 bits per heavy atom. The van der Waals surface area contributed by atoms with Crippen LogP contribution >= 0.6 is 11.6 Å². The molecule has 0 aliphatic carbocycles. The molecule has 0 fully saturated rings. The second kappa shape index (κ2) is 4.66. The van der Waals surface area contributed by atoms with Crippen molar-refractivity contribution in [1.82, 2.24) is 9.55 Å². The molecular weight excluding hydrogens is 184 g/mol. The van der Waals surface area contributed by atoms with Crippen molar-refractivity contribution in [3.8, 4) is 0 Å². The highest BCUT2D eigenvalue weighted by Crippen LogP contribution is 2.23. The molecule has 1 rings (SSSR count). The fraction of sp³-hybridized carbons (Fsp3) is 0.700. The standard InChI is InChI=1S/C10H17ClN2/c1-4-9(11)8(3)10-12-6-7-13(10)5-2/h6-9H,4-5H2,1-3H3. The van der Waals surface area contributed by atoms with E-state index in [4.69, 9.17) is 11.6 Å². The number of hydrogen-bond donors (Lipinski definition) is 0. The Hall–Kier alpha value is -0.500. The zero-order chi connectivity index (χ0) is 9.84. The summed E-state index contributed by atoms with van der Waals surface area (Å²) < 4.78 is 2.15. The van der Waals surface area contributed by atoms with Crippen LogP contribution in [-0.4, -0.2) is 14.9 Å². The molecule has 0 N–H and O–H groups in total. The average Bonchev–Trinajstić information content (AvgIpc) is 2.62. The monoisotopic (exact) mass is 200 g/mol. The fourth-order valence-corrected chi connectivity index (χ4v) is 1.62. The largest absolute Gasteiger partial charge is 0.335 e. The van der Waals surface area contributed by atoms with E-state index in [2.05, 4.69) is 30.3 Å². The van der Waals surface area contributed by atoms with Gasteiger partial charge in [-0.25, -0.2) is 4.98 Å². The van der Waals surface area contributed by atoms with Crippen LogP contribution in [0.5, 0.6) is 0 Å². The molecule has 0 amide bonds. The summed E-state index contributed by atoms with van der Waals surface area (Å²) in [6.07, 6.45) is 4.83. The number of rotatable bonds is 4. The molecular formula is C10H17ClN2. The lowest BCUT2D eigenvalue weighted by atomic mass is 10.1. The van der Waals surface area contributed by atoms with E-state index in [1.165, 1.54) is 0 Å². The fourth-order valence-electron chi connectivity index (χ4n) is 1.50. The van der Waals surface area contributed by atoms with Crippen LogP contribution in [0.1, 0.15) is 38.9 Å². The van der Waals surface area contributed by atoms with Crippen molar-refractivity contribution in [2.24, 2.45) is 0 Å². The minimum absolute atomic E-state index is 0.188. The van der Waals surface area contributed by atoms with Crippen molar-refractivity contribution in [2.75, 3.05) is 0 Å². The molecule has 1 heterocycles. The first-order valence-corrected chi connectivity index (χ1v) is 5.29. The summed E-state index contributed by atoms with van der Waals surface area (Å²) in [6, 6.07) is 0. The molecule has 0 aromatic carbocycles. The second-order valence-corrected chi connectivity index (χ2v) is 3.84. The first-order valence-electron chi connectivity index (χ1n) is 4.85. The molecule has 0 bridgehead atoms. The Morgan fingerprint density at radius 3 is 2.77 bits per heavy atom. The van der Waals surface area contributed by atoms with E-state index in [0.29, 0.717) is 5.92 Å². The topological polar surface area (TPSA) is 17.8 Å². The summed E-state index contributed by atoms with van der Waals surface area (Å²) in [7, 11) is 0. The summed E-state index contributed by atoms with van der Waals surface area (Å²) >= 11 is 6.18. The maximum Gasteiger partial charge on any atom is 0.112 e. The Balaban J connectivity index is 2.81. The second-order valence-electron chi connectivity index (χ2n) is 3.28. The van der Waals surface area contributed by atoms with Crippen LogP contribution in [0.4, 0.5) is 0 Å². The lowest BCUT2D eigenvalue weighted by Gasteiger charge is -2.16. The third-order valence-corrected chi connectivity index (χ3v) is 3.11. The van der Waals surface area contributed by atoms with Gasteiger partial charge in [0.1, 0.15) is 5.82 Å².